The summed E-state index contributed by atoms with van der Waals surface area (Å²) in [6.07, 6.45) is 3.10. The Kier molecular flexibility index (Phi) is 46.6. The monoisotopic (exact) mass is 1880 g/mol. The molecule has 10 aromatic rings. The van der Waals surface area contributed by atoms with E-state index in [0.29, 0.717) is 17.7 Å². The second kappa shape index (κ2) is 52.7. The Balaban J connectivity index is 0.000000395. The van der Waals surface area contributed by atoms with Crippen LogP contribution in [0, 0.1) is 166 Å². The van der Waals surface area contributed by atoms with Crippen molar-refractivity contribution >= 4 is 90.6 Å². The highest BCUT2D eigenvalue weighted by molar-refractivity contribution is 8.00. The standard InChI is InChI=1S/C20H28N2O3P2.C20H26N2O3P2.C17H19NO2.C17H21NO.C10H15NO.C9H12.C4H11NO4P3.CH4O/c2*1-11-9-15(10-17(21-5)20(24)25-27-26)7-8-16(11)18-13(3)12(2)14(4)22(6)19(18)23;1-10-8-14(9-19)6-7-15(10)16-12(3)11(2)13(4)18(5)17(16)20;1-10-7-8-15(11(2)9-10)16-13(4)12(3)14(5)18(6)17(16)19;1-6-7(2)9(4)11(5)10(12)8(6)3;1-7-4-5-8(2)9(3)6-7;1-5-3(12(7)8-2)4(6)9-11-10;1-2/h7-9,17,21,27H,10,26H2,1-6H3;7-10,21,27H,26H2,1-6H3;6-9H,1-5H3;7-9H,1-6H3;1-5H3;4-6H,1-3H3;3,5,11H,10H2,1-2H3;2H,1H3/q;;;;;;+1;/b;17-10-;;;;;;. The summed E-state index contributed by atoms with van der Waals surface area (Å²) in [5.41, 5.74) is 36.3. The van der Waals surface area contributed by atoms with Crippen LogP contribution >= 0.6 is 60.3 Å². The number of pyridine rings is 5. The highest BCUT2D eigenvalue weighted by Gasteiger charge is 2.39. The van der Waals surface area contributed by atoms with Crippen LogP contribution in [0.1, 0.15) is 156 Å². The number of carbonyl (C=O) groups is 4. The first kappa shape index (κ1) is 113. The fourth-order valence-corrected chi connectivity index (χ4v) is 16.8. The van der Waals surface area contributed by atoms with Crippen LogP contribution in [0.4, 0.5) is 0 Å². The quantitative estimate of drug-likeness (QED) is 0.0253. The van der Waals surface area contributed by atoms with Gasteiger partial charge in [0.25, 0.3) is 27.8 Å². The van der Waals surface area contributed by atoms with E-state index in [0.717, 1.165) is 170 Å². The Labute approximate surface area is 770 Å². The van der Waals surface area contributed by atoms with Gasteiger partial charge in [-0.1, -0.05) is 123 Å². The molecule has 692 valence electrons. The summed E-state index contributed by atoms with van der Waals surface area (Å²) < 4.78 is 38.9. The van der Waals surface area contributed by atoms with Gasteiger partial charge in [0.1, 0.15) is 18.0 Å². The third-order valence-electron chi connectivity index (χ3n) is 24.1. The Morgan fingerprint density at radius 1 is 0.398 bits per heavy atom. The number of carbonyl (C=O) groups excluding carboxylic acids is 4. The van der Waals surface area contributed by atoms with Crippen LogP contribution in [0.3, 0.4) is 0 Å². The van der Waals surface area contributed by atoms with E-state index in [1.54, 1.807) is 63.2 Å². The topological polar surface area (TPSA) is 289 Å². The van der Waals surface area contributed by atoms with E-state index >= 15 is 0 Å². The number of aryl methyl sites for hydroxylation is 8. The van der Waals surface area contributed by atoms with Gasteiger partial charge in [-0.2, -0.15) is 0 Å². The lowest BCUT2D eigenvalue weighted by molar-refractivity contribution is -0.135. The first-order valence-electron chi connectivity index (χ1n) is 41.4. The maximum absolute atomic E-state index is 12.9. The summed E-state index contributed by atoms with van der Waals surface area (Å²) in [5.74, 6) is -2.09. The minimum Gasteiger partial charge on any atom is -0.443 e. The second-order valence-corrected chi connectivity index (χ2v) is 36.4. The third-order valence-corrected chi connectivity index (χ3v) is 27.3. The maximum Gasteiger partial charge on any atom is 0.539 e. The molecule has 5 aromatic heterocycles. The smallest absolute Gasteiger partial charge is 0.443 e. The minimum atomic E-state index is -2.03. The summed E-state index contributed by atoms with van der Waals surface area (Å²) >= 11 is 0. The van der Waals surface area contributed by atoms with Crippen molar-refractivity contribution in [3.05, 3.63) is 299 Å². The normalized spacial score (nSPS) is 11.5. The highest BCUT2D eigenvalue weighted by atomic mass is 32.0. The van der Waals surface area contributed by atoms with Gasteiger partial charge in [0.2, 0.25) is 0 Å². The molecule has 23 nitrogen and oxygen atoms in total. The average molecular weight is 1880 g/mol. The first-order chi connectivity index (χ1) is 60.0. The molecule has 0 aliphatic rings. The highest BCUT2D eigenvalue weighted by Crippen LogP contribution is 2.35. The number of benzene rings is 5. The fraction of sp³-hybridized carbons (Fsp3) is 0.378. The van der Waals surface area contributed by atoms with Crippen LogP contribution in [-0.4, -0.2) is 99.3 Å². The Hall–Kier alpha value is -9.01. The van der Waals surface area contributed by atoms with Crippen molar-refractivity contribution in [2.24, 2.45) is 35.2 Å². The molecule has 5 aromatic carbocycles. The van der Waals surface area contributed by atoms with Crippen LogP contribution in [0.2, 0.25) is 0 Å². The van der Waals surface area contributed by atoms with Crippen molar-refractivity contribution in [1.29, 1.82) is 0 Å². The van der Waals surface area contributed by atoms with Crippen molar-refractivity contribution in [3.63, 3.8) is 0 Å². The number of aliphatic hydroxyl groups excluding tert-OH is 1. The molecule has 9 unspecified atom stereocenters. The van der Waals surface area contributed by atoms with Gasteiger partial charge in [0.15, 0.2) is 0 Å². The summed E-state index contributed by atoms with van der Waals surface area (Å²) in [4.78, 5) is 108. The lowest BCUT2D eigenvalue weighted by atomic mass is 9.92. The van der Waals surface area contributed by atoms with E-state index in [4.69, 9.17) is 14.2 Å². The van der Waals surface area contributed by atoms with Gasteiger partial charge in [0.05, 0.1) is 54.9 Å². The second-order valence-electron chi connectivity index (χ2n) is 31.5. The van der Waals surface area contributed by atoms with Crippen molar-refractivity contribution in [1.82, 2.24) is 38.8 Å². The van der Waals surface area contributed by atoms with Crippen molar-refractivity contribution in [2.75, 3.05) is 35.4 Å². The molecule has 0 spiro atoms. The Morgan fingerprint density at radius 2 is 0.727 bits per heavy atom. The van der Waals surface area contributed by atoms with E-state index in [-0.39, 0.29) is 65.3 Å². The molecule has 4 N–H and O–H groups in total. The molecule has 128 heavy (non-hydrogen) atoms. The third kappa shape index (κ3) is 28.5. The van der Waals surface area contributed by atoms with E-state index in [1.165, 1.54) is 47.5 Å². The molecule has 0 fully saturated rings. The van der Waals surface area contributed by atoms with Gasteiger partial charge < -0.3 is 52.1 Å². The number of hydrogen-bond donors (Lipinski definition) is 4. The number of aliphatic hydroxyl groups is 1. The van der Waals surface area contributed by atoms with Gasteiger partial charge in [-0.05, 0) is 326 Å². The van der Waals surface area contributed by atoms with Crippen LogP contribution in [0.25, 0.3) is 50.6 Å². The summed E-state index contributed by atoms with van der Waals surface area (Å²) in [7, 11) is 21.4. The Bertz CT molecular complexity index is 6050. The zero-order valence-electron chi connectivity index (χ0n) is 81.3. The van der Waals surface area contributed by atoms with Gasteiger partial charge in [-0.15, -0.1) is 4.52 Å². The molecular weight excluding hydrogens is 1750 g/mol. The van der Waals surface area contributed by atoms with E-state index < -0.39 is 25.7 Å². The predicted octanol–water partition coefficient (Wildman–Crippen LogP) is 18.5. The van der Waals surface area contributed by atoms with Gasteiger partial charge in [0, 0.05) is 89.0 Å². The molecular formula is C98H136N8O15P7+. The van der Waals surface area contributed by atoms with E-state index in [2.05, 4.69) is 137 Å². The number of aromatic nitrogens is 5. The molecule has 10 rings (SSSR count). The van der Waals surface area contributed by atoms with Crippen LogP contribution < -0.4 is 43.7 Å². The van der Waals surface area contributed by atoms with Crippen molar-refractivity contribution in [2.45, 2.75) is 184 Å². The van der Waals surface area contributed by atoms with Gasteiger partial charge >= 0.3 is 31.7 Å². The van der Waals surface area contributed by atoms with Crippen LogP contribution in [0.15, 0.2) is 121 Å². The SMILES string of the molecule is CN/C(=C\c1ccc(-c2c(C)c(C)c(C)n(C)c2=O)c(C)c1)C(=O)OPP.CNC(C(=O)OPP)[P+](=O)OC.CNC(Cc1ccc(-c2c(C)c(C)c(C)n(C)c2=O)c(C)c1)C(=O)OPP.CO.Cc1c(C)c(C)n(C)c(=O)c1C.Cc1cc(C=O)ccc1-c1c(C)c(C)c(C)n(C)c1=O.Cc1ccc(-c2c(C)c(C)c(C)n(C)c2=O)c(C)c1.Cc1ccc(C)c(C)c1. The number of aldehydes is 1. The van der Waals surface area contributed by atoms with Crippen molar-refractivity contribution in [3.8, 4) is 44.5 Å². The average Bonchev–Trinajstić information content (AvgIpc) is 0.777. The molecule has 0 bridgehead atoms. The lowest BCUT2D eigenvalue weighted by Gasteiger charge is -2.18. The van der Waals surface area contributed by atoms with Gasteiger partial charge in [-0.25, -0.2) is 9.59 Å². The molecule has 0 radical (unpaired) electrons. The Morgan fingerprint density at radius 3 is 1.05 bits per heavy atom. The number of likely N-dealkylation sites (N-methyl/N-ethyl adjacent to an activating group) is 3. The molecule has 0 aliphatic carbocycles. The van der Waals surface area contributed by atoms with Crippen LogP contribution in [0.5, 0.6) is 0 Å². The number of nitrogens with zero attached hydrogens (tertiary/aromatic N) is 5. The zero-order valence-corrected chi connectivity index (χ0v) is 88.6. The largest absolute Gasteiger partial charge is 0.539 e. The summed E-state index contributed by atoms with van der Waals surface area (Å²) in [6, 6.07) is 29.6. The van der Waals surface area contributed by atoms with Gasteiger partial charge in [-0.3, -0.25) is 38.9 Å². The maximum atomic E-state index is 12.9. The van der Waals surface area contributed by atoms with E-state index in [1.807, 2.05) is 187 Å². The predicted molar refractivity (Wildman–Crippen MR) is 547 cm³/mol. The zero-order chi connectivity index (χ0) is 97.8. The summed E-state index contributed by atoms with van der Waals surface area (Å²) in [5, 5.41) is 15.4. The number of hydrogen-bond acceptors (Lipinski definition) is 18. The van der Waals surface area contributed by atoms with Crippen molar-refractivity contribution < 1.29 is 46.9 Å². The molecule has 0 saturated heterocycles. The molecule has 9 atom stereocenters. The minimum absolute atomic E-state index is 0.00270. The number of nitrogens with one attached hydrogen (secondary N) is 3. The fourth-order valence-electron chi connectivity index (χ4n) is 14.3. The molecule has 0 saturated carbocycles. The number of rotatable bonds is 19. The molecule has 5 heterocycles. The molecule has 30 heteroatoms. The molecule has 0 amide bonds. The van der Waals surface area contributed by atoms with E-state index in [9.17, 15) is 47.7 Å². The first-order valence-corrected chi connectivity index (χ1v) is 50.8. The lowest BCUT2D eigenvalue weighted by Crippen LogP contribution is -2.36. The summed E-state index contributed by atoms with van der Waals surface area (Å²) in [6.45, 7) is 48.4. The molecule has 0 aliphatic heterocycles. The van der Waals surface area contributed by atoms with Crippen LogP contribution in [-0.2, 0) is 78.7 Å².